The van der Waals surface area contributed by atoms with Crippen LogP contribution in [0.1, 0.15) is 25.7 Å². The van der Waals surface area contributed by atoms with Gasteiger partial charge in [0.1, 0.15) is 11.8 Å². The SMILES string of the molecule is COC(=O)C(N)C1CCC(=O)CC1. The second kappa shape index (κ2) is 4.37. The molecular formula is C9H15NO3. The predicted octanol–water partition coefficient (Wildman–Crippen LogP) is 0.246. The zero-order valence-electron chi connectivity index (χ0n) is 7.79. The molecule has 13 heavy (non-hydrogen) atoms. The Morgan fingerprint density at radius 3 is 2.54 bits per heavy atom. The molecule has 1 unspecified atom stereocenters. The second-order valence-electron chi connectivity index (χ2n) is 3.43. The van der Waals surface area contributed by atoms with Gasteiger partial charge in [-0.2, -0.15) is 0 Å². The summed E-state index contributed by atoms with van der Waals surface area (Å²) in [5.74, 6) is 0.0119. The molecule has 1 saturated carbocycles. The summed E-state index contributed by atoms with van der Waals surface area (Å²) in [6.07, 6.45) is 2.54. The first-order valence-corrected chi connectivity index (χ1v) is 4.50. The standard InChI is InChI=1S/C9H15NO3/c1-13-9(12)8(10)6-2-4-7(11)5-3-6/h6,8H,2-5,10H2,1H3. The second-order valence-corrected chi connectivity index (χ2v) is 3.43. The number of Topliss-reactive ketones (excluding diaryl/α,β-unsaturated/α-hetero) is 1. The van der Waals surface area contributed by atoms with E-state index in [9.17, 15) is 9.59 Å². The van der Waals surface area contributed by atoms with Crippen LogP contribution in [0.5, 0.6) is 0 Å². The van der Waals surface area contributed by atoms with Gasteiger partial charge in [-0.15, -0.1) is 0 Å². The third-order valence-electron chi connectivity index (χ3n) is 2.57. The maximum absolute atomic E-state index is 11.1. The highest BCUT2D eigenvalue weighted by atomic mass is 16.5. The van der Waals surface area contributed by atoms with Gasteiger partial charge in [0.05, 0.1) is 7.11 Å². The van der Waals surface area contributed by atoms with Gasteiger partial charge in [-0.3, -0.25) is 9.59 Å². The molecule has 0 bridgehead atoms. The molecule has 0 heterocycles. The van der Waals surface area contributed by atoms with Gasteiger partial charge in [0, 0.05) is 12.8 Å². The molecule has 0 aromatic rings. The molecule has 1 aliphatic rings. The number of hydrogen-bond acceptors (Lipinski definition) is 4. The predicted molar refractivity (Wildman–Crippen MR) is 47.0 cm³/mol. The van der Waals surface area contributed by atoms with E-state index in [1.165, 1.54) is 7.11 Å². The average Bonchev–Trinajstić information content (AvgIpc) is 2.17. The van der Waals surface area contributed by atoms with Gasteiger partial charge >= 0.3 is 5.97 Å². The highest BCUT2D eigenvalue weighted by molar-refractivity contribution is 5.80. The molecule has 0 spiro atoms. The van der Waals surface area contributed by atoms with E-state index in [-0.39, 0.29) is 17.7 Å². The number of carbonyl (C=O) groups is 2. The summed E-state index contributed by atoms with van der Waals surface area (Å²) < 4.78 is 4.54. The van der Waals surface area contributed by atoms with Gasteiger partial charge in [0.25, 0.3) is 0 Å². The molecular weight excluding hydrogens is 170 g/mol. The molecule has 0 aromatic carbocycles. The number of methoxy groups -OCH3 is 1. The summed E-state index contributed by atoms with van der Waals surface area (Å²) in [7, 11) is 1.33. The number of ketones is 1. The third-order valence-corrected chi connectivity index (χ3v) is 2.57. The molecule has 1 atom stereocenters. The van der Waals surface area contributed by atoms with Gasteiger partial charge < -0.3 is 10.5 Å². The van der Waals surface area contributed by atoms with Crippen molar-refractivity contribution in [2.75, 3.05) is 7.11 Å². The van der Waals surface area contributed by atoms with Gasteiger partial charge in [-0.1, -0.05) is 0 Å². The van der Waals surface area contributed by atoms with Crippen molar-refractivity contribution in [1.82, 2.24) is 0 Å². The minimum absolute atomic E-state index is 0.116. The smallest absolute Gasteiger partial charge is 0.322 e. The van der Waals surface area contributed by atoms with E-state index in [4.69, 9.17) is 5.73 Å². The van der Waals surface area contributed by atoms with Gasteiger partial charge in [0.15, 0.2) is 0 Å². The maximum atomic E-state index is 11.1. The first-order valence-electron chi connectivity index (χ1n) is 4.50. The van der Waals surface area contributed by atoms with E-state index in [0.29, 0.717) is 12.8 Å². The summed E-state index contributed by atoms with van der Waals surface area (Å²) in [5, 5.41) is 0. The number of rotatable bonds is 2. The zero-order chi connectivity index (χ0) is 9.84. The van der Waals surface area contributed by atoms with Crippen LogP contribution in [0.2, 0.25) is 0 Å². The molecule has 1 aliphatic carbocycles. The van der Waals surface area contributed by atoms with E-state index in [1.54, 1.807) is 0 Å². The average molecular weight is 185 g/mol. The highest BCUT2D eigenvalue weighted by Gasteiger charge is 2.28. The van der Waals surface area contributed by atoms with Crippen LogP contribution in [-0.2, 0) is 14.3 Å². The number of hydrogen-bond donors (Lipinski definition) is 1. The number of carbonyl (C=O) groups excluding carboxylic acids is 2. The van der Waals surface area contributed by atoms with Crippen LogP contribution < -0.4 is 5.73 Å². The Morgan fingerprint density at radius 1 is 1.54 bits per heavy atom. The summed E-state index contributed by atoms with van der Waals surface area (Å²) in [6, 6.07) is -0.557. The van der Waals surface area contributed by atoms with Crippen LogP contribution in [0.25, 0.3) is 0 Å². The number of ether oxygens (including phenoxy) is 1. The normalized spacial score (nSPS) is 21.2. The van der Waals surface area contributed by atoms with E-state index in [0.717, 1.165) is 12.8 Å². The lowest BCUT2D eigenvalue weighted by Crippen LogP contribution is -2.40. The lowest BCUT2D eigenvalue weighted by molar-refractivity contribution is -0.144. The lowest BCUT2D eigenvalue weighted by atomic mass is 9.84. The van der Waals surface area contributed by atoms with E-state index in [2.05, 4.69) is 4.74 Å². The summed E-state index contributed by atoms with van der Waals surface area (Å²) in [6.45, 7) is 0. The van der Waals surface area contributed by atoms with Crippen molar-refractivity contribution in [2.45, 2.75) is 31.7 Å². The Balaban J connectivity index is 2.44. The molecule has 1 fully saturated rings. The molecule has 2 N–H and O–H groups in total. The van der Waals surface area contributed by atoms with Gasteiger partial charge in [0.2, 0.25) is 0 Å². The van der Waals surface area contributed by atoms with Crippen molar-refractivity contribution in [3.8, 4) is 0 Å². The van der Waals surface area contributed by atoms with E-state index >= 15 is 0 Å². The van der Waals surface area contributed by atoms with Crippen molar-refractivity contribution in [3.63, 3.8) is 0 Å². The molecule has 1 rings (SSSR count). The first-order chi connectivity index (χ1) is 6.15. The Bertz CT molecular complexity index is 205. The quantitative estimate of drug-likeness (QED) is 0.626. The van der Waals surface area contributed by atoms with Crippen LogP contribution in [0, 0.1) is 5.92 Å². The van der Waals surface area contributed by atoms with Crippen molar-refractivity contribution in [1.29, 1.82) is 0 Å². The molecule has 0 saturated heterocycles. The first kappa shape index (κ1) is 10.2. The summed E-state index contributed by atoms with van der Waals surface area (Å²) in [5.41, 5.74) is 5.66. The Labute approximate surface area is 77.4 Å². The van der Waals surface area contributed by atoms with Crippen LogP contribution >= 0.6 is 0 Å². The number of esters is 1. The molecule has 0 radical (unpaired) electrons. The van der Waals surface area contributed by atoms with Crippen molar-refractivity contribution >= 4 is 11.8 Å². The largest absolute Gasteiger partial charge is 0.468 e. The van der Waals surface area contributed by atoms with E-state index < -0.39 is 6.04 Å². The van der Waals surface area contributed by atoms with E-state index in [1.807, 2.05) is 0 Å². The van der Waals surface area contributed by atoms with Crippen molar-refractivity contribution in [3.05, 3.63) is 0 Å². The lowest BCUT2D eigenvalue weighted by Gasteiger charge is -2.24. The monoisotopic (exact) mass is 185 g/mol. The number of nitrogens with two attached hydrogens (primary N) is 1. The minimum atomic E-state index is -0.557. The van der Waals surface area contributed by atoms with Crippen LogP contribution in [0.3, 0.4) is 0 Å². The van der Waals surface area contributed by atoms with Crippen LogP contribution in [-0.4, -0.2) is 24.9 Å². The van der Waals surface area contributed by atoms with Crippen LogP contribution in [0.4, 0.5) is 0 Å². The molecule has 0 amide bonds. The van der Waals surface area contributed by atoms with Crippen molar-refractivity contribution < 1.29 is 14.3 Å². The maximum Gasteiger partial charge on any atom is 0.322 e. The topological polar surface area (TPSA) is 69.4 Å². The van der Waals surface area contributed by atoms with Crippen LogP contribution in [0.15, 0.2) is 0 Å². The summed E-state index contributed by atoms with van der Waals surface area (Å²) >= 11 is 0. The fourth-order valence-electron chi connectivity index (χ4n) is 1.65. The molecule has 0 aliphatic heterocycles. The van der Waals surface area contributed by atoms with Gasteiger partial charge in [-0.05, 0) is 18.8 Å². The van der Waals surface area contributed by atoms with Gasteiger partial charge in [-0.25, -0.2) is 0 Å². The molecule has 4 nitrogen and oxygen atoms in total. The Kier molecular flexibility index (Phi) is 3.42. The highest BCUT2D eigenvalue weighted by Crippen LogP contribution is 2.23. The Hall–Kier alpha value is -0.900. The third kappa shape index (κ3) is 2.52. The molecule has 74 valence electrons. The van der Waals surface area contributed by atoms with Crippen molar-refractivity contribution in [2.24, 2.45) is 11.7 Å². The molecule has 0 aromatic heterocycles. The minimum Gasteiger partial charge on any atom is -0.468 e. The summed E-state index contributed by atoms with van der Waals surface area (Å²) in [4.78, 5) is 22.0. The fourth-order valence-corrected chi connectivity index (χ4v) is 1.65. The fraction of sp³-hybridized carbons (Fsp3) is 0.778. The Morgan fingerprint density at radius 2 is 2.08 bits per heavy atom. The zero-order valence-corrected chi connectivity index (χ0v) is 7.79. The molecule has 4 heteroatoms.